The predicted molar refractivity (Wildman–Crippen MR) is 68.5 cm³/mol. The Kier molecular flexibility index (Phi) is 5.01. The third-order valence-corrected chi connectivity index (χ3v) is 3.51. The molecular weight excluding hydrogens is 232 g/mol. The summed E-state index contributed by atoms with van der Waals surface area (Å²) in [4.78, 5) is 11.7. The van der Waals surface area contributed by atoms with E-state index in [0.717, 1.165) is 12.8 Å². The van der Waals surface area contributed by atoms with Gasteiger partial charge in [-0.05, 0) is 25.7 Å². The first-order valence-corrected chi connectivity index (χ1v) is 6.62. The summed E-state index contributed by atoms with van der Waals surface area (Å²) in [6.45, 7) is 1.72. The van der Waals surface area contributed by atoms with E-state index in [0.29, 0.717) is 19.8 Å². The van der Waals surface area contributed by atoms with Crippen LogP contribution in [0.1, 0.15) is 25.7 Å². The monoisotopic (exact) mass is 254 g/mol. The third-order valence-electron chi connectivity index (χ3n) is 3.51. The number of hydrogen-bond acceptors (Lipinski definition) is 3. The van der Waals surface area contributed by atoms with Crippen molar-refractivity contribution < 1.29 is 14.3 Å². The molecule has 18 heavy (non-hydrogen) atoms. The molecule has 1 heterocycles. The lowest BCUT2D eigenvalue weighted by Gasteiger charge is -2.19. The molecule has 1 aliphatic heterocycles. The first-order valence-electron chi connectivity index (χ1n) is 6.62. The van der Waals surface area contributed by atoms with Crippen LogP contribution in [0.5, 0.6) is 0 Å². The Morgan fingerprint density at radius 1 is 1.50 bits per heavy atom. The molecule has 0 saturated carbocycles. The molecule has 5 heteroatoms. The summed E-state index contributed by atoms with van der Waals surface area (Å²) in [6, 6.07) is -0.186. The van der Waals surface area contributed by atoms with E-state index in [4.69, 9.17) is 9.47 Å². The van der Waals surface area contributed by atoms with Crippen molar-refractivity contribution in [1.29, 1.82) is 0 Å². The van der Waals surface area contributed by atoms with Gasteiger partial charge in [0.05, 0.1) is 19.3 Å². The zero-order valence-corrected chi connectivity index (χ0v) is 10.9. The first kappa shape index (κ1) is 13.4. The maximum Gasteiger partial charge on any atom is 0.315 e. The van der Waals surface area contributed by atoms with Gasteiger partial charge in [-0.15, -0.1) is 0 Å². The molecule has 2 atom stereocenters. The fraction of sp³-hybridized carbons (Fsp3) is 0.769. The molecule has 2 aliphatic rings. The normalized spacial score (nSPS) is 27.7. The fourth-order valence-corrected chi connectivity index (χ4v) is 2.38. The average molecular weight is 254 g/mol. The molecule has 1 aliphatic carbocycles. The summed E-state index contributed by atoms with van der Waals surface area (Å²) in [6.07, 6.45) is 6.95. The van der Waals surface area contributed by atoms with Gasteiger partial charge in [0, 0.05) is 13.7 Å². The van der Waals surface area contributed by atoms with Crippen molar-refractivity contribution >= 4 is 6.03 Å². The van der Waals surface area contributed by atoms with Crippen molar-refractivity contribution in [2.24, 2.45) is 0 Å². The molecule has 1 saturated heterocycles. The zero-order chi connectivity index (χ0) is 12.8. The number of hydrogen-bond donors (Lipinski definition) is 2. The van der Waals surface area contributed by atoms with Gasteiger partial charge in [-0.3, -0.25) is 0 Å². The average Bonchev–Trinajstić information content (AvgIpc) is 2.85. The summed E-state index contributed by atoms with van der Waals surface area (Å²) in [5.41, 5.74) is 1.34. The molecule has 102 valence electrons. The minimum atomic E-state index is -0.140. The van der Waals surface area contributed by atoms with E-state index in [-0.39, 0.29) is 18.2 Å². The Balaban J connectivity index is 1.70. The van der Waals surface area contributed by atoms with E-state index in [1.165, 1.54) is 18.4 Å². The maximum atomic E-state index is 11.7. The van der Waals surface area contributed by atoms with E-state index < -0.39 is 0 Å². The fourth-order valence-electron chi connectivity index (χ4n) is 2.38. The van der Waals surface area contributed by atoms with Gasteiger partial charge in [0.15, 0.2) is 0 Å². The molecule has 2 amide bonds. The second kappa shape index (κ2) is 6.75. The minimum absolute atomic E-state index is 0.0374. The Morgan fingerprint density at radius 3 is 3.11 bits per heavy atom. The van der Waals surface area contributed by atoms with E-state index in [1.54, 1.807) is 7.11 Å². The Labute approximate surface area is 108 Å². The number of rotatable bonds is 4. The van der Waals surface area contributed by atoms with Crippen LogP contribution >= 0.6 is 0 Å². The standard InChI is InChI=1S/C13H22N2O3/c1-17-12-9-18-8-11(12)15-13(16)14-7-10-5-3-2-4-6-10/h5,11-12H,2-4,6-9H2,1H3,(H2,14,15,16)/t11-,12+/m0/s1. The Hall–Kier alpha value is -1.07. The number of nitrogens with one attached hydrogen (secondary N) is 2. The van der Waals surface area contributed by atoms with Crippen LogP contribution < -0.4 is 10.6 Å². The van der Waals surface area contributed by atoms with E-state index >= 15 is 0 Å². The van der Waals surface area contributed by atoms with Gasteiger partial charge in [-0.2, -0.15) is 0 Å². The van der Waals surface area contributed by atoms with Gasteiger partial charge in [-0.25, -0.2) is 4.79 Å². The van der Waals surface area contributed by atoms with Gasteiger partial charge >= 0.3 is 6.03 Å². The van der Waals surface area contributed by atoms with Crippen LogP contribution in [0.2, 0.25) is 0 Å². The summed E-state index contributed by atoms with van der Waals surface area (Å²) in [5, 5.41) is 5.79. The molecule has 0 bridgehead atoms. The van der Waals surface area contributed by atoms with Crippen LogP contribution in [-0.4, -0.2) is 45.0 Å². The van der Waals surface area contributed by atoms with Crippen molar-refractivity contribution in [2.45, 2.75) is 37.8 Å². The first-order chi connectivity index (χ1) is 8.79. The highest BCUT2D eigenvalue weighted by Crippen LogP contribution is 2.16. The second-order valence-electron chi connectivity index (χ2n) is 4.85. The summed E-state index contributed by atoms with van der Waals surface area (Å²) in [5.74, 6) is 0. The zero-order valence-electron chi connectivity index (χ0n) is 10.9. The smallest absolute Gasteiger partial charge is 0.315 e. The van der Waals surface area contributed by atoms with Crippen LogP contribution in [0.25, 0.3) is 0 Å². The lowest BCUT2D eigenvalue weighted by Crippen LogP contribution is -2.48. The van der Waals surface area contributed by atoms with Crippen LogP contribution in [0, 0.1) is 0 Å². The van der Waals surface area contributed by atoms with Gasteiger partial charge in [-0.1, -0.05) is 11.6 Å². The quantitative estimate of drug-likeness (QED) is 0.741. The Morgan fingerprint density at radius 2 is 2.39 bits per heavy atom. The molecule has 0 aromatic carbocycles. The van der Waals surface area contributed by atoms with Crippen LogP contribution in [0.3, 0.4) is 0 Å². The minimum Gasteiger partial charge on any atom is -0.377 e. The van der Waals surface area contributed by atoms with Gasteiger partial charge in [0.1, 0.15) is 6.10 Å². The number of allylic oxidation sites excluding steroid dienone is 1. The topological polar surface area (TPSA) is 59.6 Å². The van der Waals surface area contributed by atoms with Gasteiger partial charge in [0.25, 0.3) is 0 Å². The summed E-state index contributed by atoms with van der Waals surface area (Å²) >= 11 is 0. The van der Waals surface area contributed by atoms with E-state index in [9.17, 15) is 4.79 Å². The van der Waals surface area contributed by atoms with Crippen molar-refractivity contribution in [3.63, 3.8) is 0 Å². The molecule has 0 spiro atoms. The number of amides is 2. The van der Waals surface area contributed by atoms with Gasteiger partial charge in [0.2, 0.25) is 0 Å². The SMILES string of the molecule is CO[C@@H]1COC[C@@H]1NC(=O)NCC1=CCCCC1. The lowest BCUT2D eigenvalue weighted by molar-refractivity contribution is 0.0745. The molecule has 0 unspecified atom stereocenters. The summed E-state index contributed by atoms with van der Waals surface area (Å²) < 4.78 is 10.5. The molecule has 1 fully saturated rings. The highest BCUT2D eigenvalue weighted by Gasteiger charge is 2.29. The number of ether oxygens (including phenoxy) is 2. The van der Waals surface area contributed by atoms with Crippen molar-refractivity contribution in [3.05, 3.63) is 11.6 Å². The van der Waals surface area contributed by atoms with Crippen molar-refractivity contribution in [1.82, 2.24) is 10.6 Å². The third kappa shape index (κ3) is 3.71. The number of urea groups is 1. The van der Waals surface area contributed by atoms with Crippen LogP contribution in [0.4, 0.5) is 4.79 Å². The second-order valence-corrected chi connectivity index (χ2v) is 4.85. The van der Waals surface area contributed by atoms with Crippen molar-refractivity contribution in [2.75, 3.05) is 26.9 Å². The summed E-state index contributed by atoms with van der Waals surface area (Å²) in [7, 11) is 1.64. The van der Waals surface area contributed by atoms with Crippen LogP contribution in [-0.2, 0) is 9.47 Å². The van der Waals surface area contributed by atoms with E-state index in [2.05, 4.69) is 16.7 Å². The number of carbonyl (C=O) groups is 1. The van der Waals surface area contributed by atoms with E-state index in [1.807, 2.05) is 0 Å². The highest BCUT2D eigenvalue weighted by atomic mass is 16.5. The van der Waals surface area contributed by atoms with Crippen LogP contribution in [0.15, 0.2) is 11.6 Å². The largest absolute Gasteiger partial charge is 0.377 e. The predicted octanol–water partition coefficient (Wildman–Crippen LogP) is 1.20. The highest BCUT2D eigenvalue weighted by molar-refractivity contribution is 5.74. The molecular formula is C13H22N2O3. The number of methoxy groups -OCH3 is 1. The number of carbonyl (C=O) groups excluding carboxylic acids is 1. The molecule has 0 radical (unpaired) electrons. The molecule has 2 N–H and O–H groups in total. The van der Waals surface area contributed by atoms with Gasteiger partial charge < -0.3 is 20.1 Å². The van der Waals surface area contributed by atoms with Crippen molar-refractivity contribution in [3.8, 4) is 0 Å². The molecule has 5 nitrogen and oxygen atoms in total. The Bertz CT molecular complexity index is 317. The molecule has 0 aromatic rings. The molecule has 2 rings (SSSR count). The maximum absolute atomic E-state index is 11.7. The molecule has 0 aromatic heterocycles. The lowest BCUT2D eigenvalue weighted by atomic mass is 10.00.